The smallest absolute Gasteiger partial charge is 0.243 e. The Morgan fingerprint density at radius 2 is 2.32 bits per heavy atom. The number of rotatable bonds is 4. The number of carbonyl (C=O) groups excluding carboxylic acids is 1. The molecule has 1 aliphatic heterocycles. The highest BCUT2D eigenvalue weighted by Crippen LogP contribution is 2.21. The van der Waals surface area contributed by atoms with Gasteiger partial charge < -0.3 is 5.32 Å². The lowest BCUT2D eigenvalue weighted by molar-refractivity contribution is -0.119. The van der Waals surface area contributed by atoms with Gasteiger partial charge in [0.15, 0.2) is 0 Å². The fraction of sp³-hybridized carbons (Fsp3) is 0.769. The number of carbonyl (C=O) groups is 1. The Bertz CT molecular complexity index is 432. The Balaban J connectivity index is 1.92. The van der Waals surface area contributed by atoms with E-state index in [9.17, 15) is 4.79 Å². The molecule has 1 amide bonds. The predicted octanol–water partition coefficient (Wildman–Crippen LogP) is 2.06. The molecule has 1 aromatic rings. The Hall–Kier alpha value is -1.01. The summed E-state index contributed by atoms with van der Waals surface area (Å²) in [4.78, 5) is 12.2. The lowest BCUT2D eigenvalue weighted by Crippen LogP contribution is -2.48. The van der Waals surface area contributed by atoms with Crippen LogP contribution >= 0.6 is 11.3 Å². The van der Waals surface area contributed by atoms with Crippen LogP contribution in [0.5, 0.6) is 0 Å². The fourth-order valence-electron chi connectivity index (χ4n) is 2.32. The second-order valence-electron chi connectivity index (χ2n) is 5.64. The van der Waals surface area contributed by atoms with Crippen molar-refractivity contribution in [1.82, 2.24) is 15.5 Å². The zero-order chi connectivity index (χ0) is 13.8. The van der Waals surface area contributed by atoms with E-state index in [1.165, 1.54) is 11.3 Å². The summed E-state index contributed by atoms with van der Waals surface area (Å²) >= 11 is 1.47. The maximum Gasteiger partial charge on any atom is 0.243 e. The molecule has 5 nitrogen and oxygen atoms in total. The third-order valence-electron chi connectivity index (χ3n) is 3.33. The number of hydrogen-bond acceptors (Lipinski definition) is 5. The molecular weight excluding hydrogens is 260 g/mol. The zero-order valence-electron chi connectivity index (χ0n) is 11.8. The first-order valence-electron chi connectivity index (χ1n) is 6.93. The summed E-state index contributed by atoms with van der Waals surface area (Å²) < 4.78 is 0. The SMILES string of the molecule is CC(C)Cc1nnc(NC(=O)C2NCCCC2C)s1. The van der Waals surface area contributed by atoms with Crippen molar-refractivity contribution in [2.45, 2.75) is 46.1 Å². The summed E-state index contributed by atoms with van der Waals surface area (Å²) in [5.74, 6) is 0.938. The van der Waals surface area contributed by atoms with Gasteiger partial charge in [0.05, 0.1) is 6.04 Å². The lowest BCUT2D eigenvalue weighted by Gasteiger charge is -2.28. The van der Waals surface area contributed by atoms with Crippen molar-refractivity contribution in [3.63, 3.8) is 0 Å². The second kappa shape index (κ2) is 6.43. The Labute approximate surface area is 118 Å². The van der Waals surface area contributed by atoms with Gasteiger partial charge in [-0.25, -0.2) is 0 Å². The van der Waals surface area contributed by atoms with Crippen molar-refractivity contribution in [2.75, 3.05) is 11.9 Å². The number of nitrogens with one attached hydrogen (secondary N) is 2. The summed E-state index contributed by atoms with van der Waals surface area (Å²) in [5, 5.41) is 15.9. The standard InChI is InChI=1S/C13H22N4OS/c1-8(2)7-10-16-17-13(19-10)15-12(18)11-9(3)5-4-6-14-11/h8-9,11,14H,4-7H2,1-3H3,(H,15,17,18). The van der Waals surface area contributed by atoms with Gasteiger partial charge in [0.25, 0.3) is 0 Å². The molecule has 106 valence electrons. The Morgan fingerprint density at radius 1 is 1.53 bits per heavy atom. The molecule has 2 heterocycles. The van der Waals surface area contributed by atoms with Crippen molar-refractivity contribution in [2.24, 2.45) is 11.8 Å². The van der Waals surface area contributed by atoms with Gasteiger partial charge in [0.1, 0.15) is 5.01 Å². The molecule has 1 aliphatic rings. The van der Waals surface area contributed by atoms with E-state index in [0.717, 1.165) is 30.8 Å². The van der Waals surface area contributed by atoms with Crippen LogP contribution in [0.2, 0.25) is 0 Å². The van der Waals surface area contributed by atoms with Crippen LogP contribution in [0.25, 0.3) is 0 Å². The monoisotopic (exact) mass is 282 g/mol. The van der Waals surface area contributed by atoms with Gasteiger partial charge in [-0.05, 0) is 31.2 Å². The van der Waals surface area contributed by atoms with Crippen molar-refractivity contribution < 1.29 is 4.79 Å². The van der Waals surface area contributed by atoms with Crippen LogP contribution in [0.3, 0.4) is 0 Å². The van der Waals surface area contributed by atoms with Crippen LogP contribution in [0.1, 0.15) is 38.6 Å². The molecule has 1 aromatic heterocycles. The van der Waals surface area contributed by atoms with E-state index in [1.54, 1.807) is 0 Å². The first kappa shape index (κ1) is 14.4. The average Bonchev–Trinajstić information content (AvgIpc) is 2.76. The van der Waals surface area contributed by atoms with Gasteiger partial charge in [0.2, 0.25) is 11.0 Å². The molecule has 0 bridgehead atoms. The molecule has 0 aromatic carbocycles. The third kappa shape index (κ3) is 3.98. The molecule has 1 saturated heterocycles. The van der Waals surface area contributed by atoms with E-state index in [0.29, 0.717) is 17.0 Å². The van der Waals surface area contributed by atoms with Crippen LogP contribution in [0.4, 0.5) is 5.13 Å². The number of piperidine rings is 1. The largest absolute Gasteiger partial charge is 0.306 e. The highest BCUT2D eigenvalue weighted by Gasteiger charge is 2.27. The number of aromatic nitrogens is 2. The molecule has 6 heteroatoms. The number of anilines is 1. The quantitative estimate of drug-likeness (QED) is 0.887. The number of nitrogens with zero attached hydrogens (tertiary/aromatic N) is 2. The Kier molecular flexibility index (Phi) is 4.87. The van der Waals surface area contributed by atoms with E-state index in [-0.39, 0.29) is 11.9 Å². The van der Waals surface area contributed by atoms with Crippen molar-refractivity contribution in [1.29, 1.82) is 0 Å². The van der Waals surface area contributed by atoms with E-state index < -0.39 is 0 Å². The summed E-state index contributed by atoms with van der Waals surface area (Å²) in [5.41, 5.74) is 0. The third-order valence-corrected chi connectivity index (χ3v) is 4.19. The number of hydrogen-bond donors (Lipinski definition) is 2. The first-order valence-corrected chi connectivity index (χ1v) is 7.74. The number of amides is 1. The van der Waals surface area contributed by atoms with E-state index in [1.807, 2.05) is 0 Å². The summed E-state index contributed by atoms with van der Waals surface area (Å²) in [6.45, 7) is 7.32. The fourth-order valence-corrected chi connectivity index (χ4v) is 3.27. The van der Waals surface area contributed by atoms with Crippen molar-refractivity contribution >= 4 is 22.4 Å². The molecule has 19 heavy (non-hydrogen) atoms. The topological polar surface area (TPSA) is 66.9 Å². The minimum absolute atomic E-state index is 0.0134. The molecule has 0 saturated carbocycles. The van der Waals surface area contributed by atoms with Gasteiger partial charge in [-0.3, -0.25) is 10.1 Å². The zero-order valence-corrected chi connectivity index (χ0v) is 12.6. The highest BCUT2D eigenvalue weighted by molar-refractivity contribution is 7.15. The predicted molar refractivity (Wildman–Crippen MR) is 77.3 cm³/mol. The van der Waals surface area contributed by atoms with Crippen LogP contribution in [0, 0.1) is 11.8 Å². The Morgan fingerprint density at radius 3 is 3.00 bits per heavy atom. The maximum atomic E-state index is 12.2. The molecule has 2 unspecified atom stereocenters. The summed E-state index contributed by atoms with van der Waals surface area (Å²) in [6.07, 6.45) is 3.15. The van der Waals surface area contributed by atoms with E-state index >= 15 is 0 Å². The molecule has 2 N–H and O–H groups in total. The maximum absolute atomic E-state index is 12.2. The summed E-state index contributed by atoms with van der Waals surface area (Å²) in [6, 6.07) is -0.105. The highest BCUT2D eigenvalue weighted by atomic mass is 32.1. The average molecular weight is 282 g/mol. The first-order chi connectivity index (χ1) is 9.06. The normalized spacial score (nSPS) is 23.6. The van der Waals surface area contributed by atoms with Gasteiger partial charge in [-0.15, -0.1) is 10.2 Å². The van der Waals surface area contributed by atoms with Crippen molar-refractivity contribution in [3.05, 3.63) is 5.01 Å². The van der Waals surface area contributed by atoms with Crippen LogP contribution in [-0.4, -0.2) is 28.7 Å². The minimum Gasteiger partial charge on any atom is -0.306 e. The van der Waals surface area contributed by atoms with Gasteiger partial charge in [-0.1, -0.05) is 32.1 Å². The molecule has 0 radical (unpaired) electrons. The van der Waals surface area contributed by atoms with Crippen LogP contribution in [-0.2, 0) is 11.2 Å². The van der Waals surface area contributed by atoms with Gasteiger partial charge >= 0.3 is 0 Å². The van der Waals surface area contributed by atoms with Crippen molar-refractivity contribution in [3.8, 4) is 0 Å². The van der Waals surface area contributed by atoms with Crippen LogP contribution < -0.4 is 10.6 Å². The van der Waals surface area contributed by atoms with Gasteiger partial charge in [-0.2, -0.15) is 0 Å². The van der Waals surface area contributed by atoms with Crippen LogP contribution in [0.15, 0.2) is 0 Å². The molecular formula is C13H22N4OS. The molecule has 1 fully saturated rings. The second-order valence-corrected chi connectivity index (χ2v) is 6.70. The van der Waals surface area contributed by atoms with E-state index in [4.69, 9.17) is 0 Å². The molecule has 0 aliphatic carbocycles. The van der Waals surface area contributed by atoms with E-state index in [2.05, 4.69) is 41.6 Å². The van der Waals surface area contributed by atoms with Gasteiger partial charge in [0, 0.05) is 6.42 Å². The lowest BCUT2D eigenvalue weighted by atomic mass is 9.92. The molecule has 2 rings (SSSR count). The molecule has 2 atom stereocenters. The summed E-state index contributed by atoms with van der Waals surface area (Å²) in [7, 11) is 0. The molecule has 0 spiro atoms. The minimum atomic E-state index is -0.105.